The van der Waals surface area contributed by atoms with Gasteiger partial charge in [-0.05, 0) is 26.2 Å². The van der Waals surface area contributed by atoms with E-state index in [1.807, 2.05) is 60.7 Å². The summed E-state index contributed by atoms with van der Waals surface area (Å²) in [5, 5.41) is 1.76. The van der Waals surface area contributed by atoms with Gasteiger partial charge >= 0.3 is 64.7 Å². The largest absolute Gasteiger partial charge is 2.00 e. The van der Waals surface area contributed by atoms with E-state index in [1.165, 1.54) is 16.8 Å². The summed E-state index contributed by atoms with van der Waals surface area (Å²) in [5.41, 5.74) is 1.44. The van der Waals surface area contributed by atoms with Gasteiger partial charge in [-0.2, -0.15) is 42.0 Å². The molecule has 0 radical (unpaired) electrons. The first-order valence-electron chi connectivity index (χ1n) is 14.5. The minimum absolute atomic E-state index is 0. The molecule has 0 saturated carbocycles. The zero-order chi connectivity index (χ0) is 37.4. The Hall–Kier alpha value is 0.517. The van der Waals surface area contributed by atoms with Gasteiger partial charge in [0.25, 0.3) is 0 Å². The first-order valence-corrected chi connectivity index (χ1v) is 18.5. The van der Waals surface area contributed by atoms with E-state index in [9.17, 15) is 0 Å². The van der Waals surface area contributed by atoms with Crippen LogP contribution in [-0.4, -0.2) is 38.8 Å². The van der Waals surface area contributed by atoms with Gasteiger partial charge in [0.15, 0.2) is 0 Å². The van der Waals surface area contributed by atoms with Crippen molar-refractivity contribution in [3.8, 4) is 0 Å². The Labute approximate surface area is 350 Å². The standard InChI is InChI=1S/C23H40NPS.2C5H5.2CH2Cl2.2CO.2Mo/c1-20(2,3)15-14-16(21(4,5)6)19(25-26)17(22(7,8)9)18(15)24(13)23(10,11)12;2*1-2-4-5-3-1;2*2-1-3;2*1-2;;/h13-14,17-18H,1-12H3;2*1-5H;2*1H2;;;;/q-2;2*-1;;;;;2*+2/t17-,18+;;;;;;;;/m0......../s1. The number of halogens is 4. The van der Waals surface area contributed by atoms with Gasteiger partial charge in [-0.1, -0.05) is 73.1 Å². The average molecular weight is 942 g/mol. The molecule has 0 bridgehead atoms. The summed E-state index contributed by atoms with van der Waals surface area (Å²) < 4.78 is 17.1. The van der Waals surface area contributed by atoms with E-state index in [2.05, 4.69) is 107 Å². The van der Waals surface area contributed by atoms with Crippen LogP contribution in [-0.2, 0) is 63.7 Å². The summed E-state index contributed by atoms with van der Waals surface area (Å²) in [7, 11) is 0.941. The number of rotatable bonds is 1. The van der Waals surface area contributed by atoms with Crippen molar-refractivity contribution in [3.63, 3.8) is 0 Å². The van der Waals surface area contributed by atoms with Crippen LogP contribution in [0.25, 0.3) is 0 Å². The van der Waals surface area contributed by atoms with E-state index >= 15 is 0 Å². The number of hydrogen-bond donors (Lipinski definition) is 0. The second kappa shape index (κ2) is 32.2. The molecule has 2 aromatic carbocycles. The van der Waals surface area contributed by atoms with Gasteiger partial charge in [0, 0.05) is 5.92 Å². The van der Waals surface area contributed by atoms with Crippen LogP contribution in [0.3, 0.4) is 0 Å². The SMILES string of the molecule is ClCCl.ClCCl.[C-]#[O+].[C-]#[O+].[CH-]=[N+]([C@@H]1[C-](C(C)(C)C)C=C(C(C)(C)C)C(=P[S-])[C@H]1C(C)(C)C)C(C)(C)C.[Mo+2].[Mo+2].c1cc[cH-]c1.c1cc[cH-]c1. The smallest absolute Gasteiger partial charge is 0.729 e. The molecule has 0 heterocycles. The predicted molar refractivity (Wildman–Crippen MR) is 207 cm³/mol. The average Bonchev–Trinajstić information content (AvgIpc) is 3.72. The molecule has 3 nitrogen and oxygen atoms in total. The zero-order valence-corrected chi connectivity index (χ0v) is 39.2. The third-order valence-corrected chi connectivity index (χ3v) is 7.70. The van der Waals surface area contributed by atoms with Crippen LogP contribution < -0.4 is 0 Å². The third kappa shape index (κ3) is 26.3. The van der Waals surface area contributed by atoms with Crippen molar-refractivity contribution in [3.05, 3.63) is 91.5 Å². The Morgan fingerprint density at radius 3 is 1.25 bits per heavy atom. The number of hydrogen-bond acceptors (Lipinski definition) is 1. The van der Waals surface area contributed by atoms with E-state index in [4.69, 9.17) is 74.7 Å². The van der Waals surface area contributed by atoms with Gasteiger partial charge < -0.3 is 16.8 Å². The first-order chi connectivity index (χ1) is 21.2. The topological polar surface area (TPSA) is 42.8 Å². The van der Waals surface area contributed by atoms with Crippen LogP contribution in [0, 0.1) is 41.4 Å². The molecule has 3 rings (SSSR count). The normalized spacial score (nSPS) is 15.9. The van der Waals surface area contributed by atoms with Crippen molar-refractivity contribution in [2.75, 3.05) is 10.7 Å². The van der Waals surface area contributed by atoms with Gasteiger partial charge in [0.05, 0.1) is 16.7 Å². The summed E-state index contributed by atoms with van der Waals surface area (Å²) in [5.74, 6) is 1.71. The molecule has 48 heavy (non-hydrogen) atoms. The minimum Gasteiger partial charge on any atom is -0.729 e. The van der Waals surface area contributed by atoms with Crippen LogP contribution in [0.2, 0.25) is 0 Å². The third-order valence-electron chi connectivity index (χ3n) is 6.40. The molecule has 1 aliphatic carbocycles. The van der Waals surface area contributed by atoms with E-state index in [0.717, 1.165) is 7.41 Å². The van der Waals surface area contributed by atoms with Gasteiger partial charge in [0.2, 0.25) is 0 Å². The van der Waals surface area contributed by atoms with Gasteiger partial charge in [-0.25, -0.2) is 37.1 Å². The molecule has 0 unspecified atom stereocenters. The van der Waals surface area contributed by atoms with E-state index in [-0.39, 0.29) is 80.6 Å². The fourth-order valence-corrected chi connectivity index (χ4v) is 6.21. The Morgan fingerprint density at radius 2 is 1.08 bits per heavy atom. The number of alkyl halides is 4. The van der Waals surface area contributed by atoms with Crippen molar-refractivity contribution < 1.29 is 56.0 Å². The van der Waals surface area contributed by atoms with Gasteiger partial charge in [0.1, 0.15) is 5.54 Å². The molecular weight excluding hydrogens is 887 g/mol. The predicted octanol–water partition coefficient (Wildman–Crippen LogP) is 12.2. The summed E-state index contributed by atoms with van der Waals surface area (Å²) >= 11 is 24.7. The van der Waals surface area contributed by atoms with Crippen molar-refractivity contribution in [2.24, 2.45) is 22.2 Å². The summed E-state index contributed by atoms with van der Waals surface area (Å²) in [6.45, 7) is 43.2. The maximum absolute atomic E-state index is 7.50. The second-order valence-electron chi connectivity index (χ2n) is 14.0. The van der Waals surface area contributed by atoms with Crippen molar-refractivity contribution in [2.45, 2.75) is 94.7 Å². The fraction of sp³-hybridized carbons (Fsp3) is 0.541. The summed E-state index contributed by atoms with van der Waals surface area (Å²) in [4.78, 5) is 0. The second-order valence-corrected chi connectivity index (χ2v) is 16.8. The van der Waals surface area contributed by atoms with Crippen LogP contribution >= 0.6 is 53.8 Å². The van der Waals surface area contributed by atoms with Gasteiger partial charge in [-0.15, -0.1) is 57.6 Å². The van der Waals surface area contributed by atoms with Crippen LogP contribution in [0.1, 0.15) is 83.1 Å². The van der Waals surface area contributed by atoms with Crippen LogP contribution in [0.15, 0.2) is 72.3 Å². The summed E-state index contributed by atoms with van der Waals surface area (Å²) in [6.07, 6.45) is 2.42. The Balaban J connectivity index is -0.000000162. The molecule has 0 saturated heterocycles. The van der Waals surface area contributed by atoms with Crippen molar-refractivity contribution in [1.29, 1.82) is 0 Å². The molecule has 0 N–H and O–H groups in total. The molecule has 1 aliphatic rings. The Bertz CT molecular complexity index is 1040. The maximum Gasteiger partial charge on any atom is 2.00 e. The molecule has 2 atom stereocenters. The first kappa shape index (κ1) is 60.6. The van der Waals surface area contributed by atoms with Crippen LogP contribution in [0.5, 0.6) is 0 Å². The number of allylic oxidation sites excluding steroid dienone is 1. The molecule has 0 spiro atoms. The molecular formula is C37H54Cl4Mo2NO2PS. The molecule has 11 heteroatoms. The van der Waals surface area contributed by atoms with Gasteiger partial charge in [-0.3, -0.25) is 7.41 Å². The monoisotopic (exact) mass is 943 g/mol. The maximum atomic E-state index is 7.50. The zero-order valence-electron chi connectivity index (χ0n) is 30.4. The van der Waals surface area contributed by atoms with E-state index in [0.29, 0.717) is 5.92 Å². The molecule has 2 aromatic rings. The Morgan fingerprint density at radius 1 is 0.771 bits per heavy atom. The molecule has 0 amide bonds. The van der Waals surface area contributed by atoms with Crippen molar-refractivity contribution >= 4 is 78.1 Å². The molecule has 0 aliphatic heterocycles. The molecule has 0 aromatic heterocycles. The number of nitrogens with zero attached hydrogens (tertiary/aromatic N) is 1. The quantitative estimate of drug-likeness (QED) is 0.0411. The van der Waals surface area contributed by atoms with E-state index < -0.39 is 0 Å². The minimum atomic E-state index is -0.124. The molecule has 270 valence electrons. The van der Waals surface area contributed by atoms with E-state index in [1.54, 1.807) is 0 Å². The Kier molecular flexibility index (Phi) is 40.6. The van der Waals surface area contributed by atoms with Crippen molar-refractivity contribution in [1.82, 2.24) is 0 Å². The summed E-state index contributed by atoms with van der Waals surface area (Å²) in [6, 6.07) is 20.1. The fourth-order valence-electron chi connectivity index (χ4n) is 4.43. The van der Waals surface area contributed by atoms with Crippen LogP contribution in [0.4, 0.5) is 0 Å². The molecule has 0 fully saturated rings.